The third-order valence-corrected chi connectivity index (χ3v) is 11.4. The van der Waals surface area contributed by atoms with Crippen molar-refractivity contribution in [2.75, 3.05) is 44.8 Å². The third-order valence-electron chi connectivity index (χ3n) is 11.4. The van der Waals surface area contributed by atoms with Crippen LogP contribution in [0.3, 0.4) is 0 Å². The van der Waals surface area contributed by atoms with E-state index in [1.165, 1.54) is 17.2 Å². The highest BCUT2D eigenvalue weighted by Gasteiger charge is 2.48. The fraction of sp³-hybridized carbons (Fsp3) is 0.447. The summed E-state index contributed by atoms with van der Waals surface area (Å²) in [6.07, 6.45) is 15.3. The predicted molar refractivity (Wildman–Crippen MR) is 183 cm³/mol. The number of halogens is 1. The largest absolute Gasteiger partial charge is 0.508 e. The van der Waals surface area contributed by atoms with Crippen molar-refractivity contribution in [3.8, 4) is 35.4 Å². The van der Waals surface area contributed by atoms with Gasteiger partial charge in [-0.05, 0) is 75.1 Å². The van der Waals surface area contributed by atoms with Crippen molar-refractivity contribution < 1.29 is 19.0 Å². The summed E-state index contributed by atoms with van der Waals surface area (Å²) in [5, 5.41) is 16.2. The summed E-state index contributed by atoms with van der Waals surface area (Å²) in [7, 11) is 1.79. The number of hydrogen-bond acceptors (Lipinski definition) is 9. The Labute approximate surface area is 279 Å². The molecule has 1 unspecified atom stereocenters. The topological polar surface area (TPSA) is 95.9 Å². The maximum Gasteiger partial charge on any atom is 0.319 e. The predicted octanol–water partition coefficient (Wildman–Crippen LogP) is 5.33. The van der Waals surface area contributed by atoms with E-state index in [0.717, 1.165) is 71.1 Å². The Bertz CT molecular complexity index is 2020. The third kappa shape index (κ3) is 4.82. The number of pyridine rings is 1. The number of terminal acetylenes is 1. The summed E-state index contributed by atoms with van der Waals surface area (Å²) in [4.78, 5) is 19.2. The molecule has 246 valence electrons. The van der Waals surface area contributed by atoms with Gasteiger partial charge in [-0.25, -0.2) is 4.39 Å². The van der Waals surface area contributed by atoms with E-state index in [4.69, 9.17) is 25.9 Å². The highest BCUT2D eigenvalue weighted by molar-refractivity contribution is 6.02. The highest BCUT2D eigenvalue weighted by atomic mass is 19.1. The van der Waals surface area contributed by atoms with Crippen LogP contribution in [-0.4, -0.2) is 88.6 Å². The van der Waals surface area contributed by atoms with E-state index in [1.54, 1.807) is 19.4 Å². The number of phenols is 1. The van der Waals surface area contributed by atoms with Crippen molar-refractivity contribution in [3.05, 3.63) is 59.1 Å². The maximum absolute atomic E-state index is 16.9. The number of fused-ring (bicyclic) bond motifs is 5. The SMILES string of the molecule is C#Cc1cccc2cc(O)cc(-c3ncc4c(N5C[C@H]6CC[C@@H](C5)N6)nc(OCC56CCCN5CC(=C5CC(OC)C5)C6)nc4c3F)c12. The van der Waals surface area contributed by atoms with Crippen LogP contribution in [-0.2, 0) is 4.74 Å². The second kappa shape index (κ2) is 11.4. The number of aromatic nitrogens is 3. The second-order valence-corrected chi connectivity index (χ2v) is 14.3. The number of rotatable bonds is 6. The van der Waals surface area contributed by atoms with E-state index >= 15 is 4.39 Å². The van der Waals surface area contributed by atoms with Gasteiger partial charge in [0.05, 0.1) is 17.0 Å². The number of hydrogen-bond donors (Lipinski definition) is 2. The van der Waals surface area contributed by atoms with Crippen LogP contribution in [0.5, 0.6) is 11.8 Å². The Morgan fingerprint density at radius 2 is 1.98 bits per heavy atom. The molecule has 10 heteroatoms. The lowest BCUT2D eigenvalue weighted by Crippen LogP contribution is -2.51. The summed E-state index contributed by atoms with van der Waals surface area (Å²) in [5.74, 6) is 2.77. The van der Waals surface area contributed by atoms with Gasteiger partial charge in [-0.3, -0.25) is 9.88 Å². The van der Waals surface area contributed by atoms with Crippen molar-refractivity contribution in [2.24, 2.45) is 0 Å². The number of nitrogens with zero attached hydrogens (tertiary/aromatic N) is 5. The summed E-state index contributed by atoms with van der Waals surface area (Å²) < 4.78 is 29.0. The molecule has 4 aliphatic heterocycles. The molecule has 6 heterocycles. The van der Waals surface area contributed by atoms with Crippen molar-refractivity contribution in [1.29, 1.82) is 0 Å². The van der Waals surface area contributed by atoms with Gasteiger partial charge in [0.2, 0.25) is 0 Å². The molecule has 9 rings (SSSR count). The number of piperazine rings is 1. The first-order chi connectivity index (χ1) is 23.4. The van der Waals surface area contributed by atoms with Gasteiger partial charge < -0.3 is 24.8 Å². The molecule has 2 N–H and O–H groups in total. The lowest BCUT2D eigenvalue weighted by atomic mass is 9.82. The Morgan fingerprint density at radius 1 is 1.15 bits per heavy atom. The van der Waals surface area contributed by atoms with Gasteiger partial charge in [-0.1, -0.05) is 29.2 Å². The molecule has 4 aromatic rings. The molecule has 2 aromatic carbocycles. The molecule has 0 radical (unpaired) electrons. The van der Waals surface area contributed by atoms with E-state index in [-0.39, 0.29) is 28.5 Å². The average molecular weight is 647 g/mol. The fourth-order valence-electron chi connectivity index (χ4n) is 8.92. The molecule has 1 aliphatic carbocycles. The number of aromatic hydroxyl groups is 1. The first-order valence-electron chi connectivity index (χ1n) is 17.1. The molecule has 2 aromatic heterocycles. The summed E-state index contributed by atoms with van der Waals surface area (Å²) in [5.41, 5.74) is 4.18. The first kappa shape index (κ1) is 29.8. The molecule has 2 bridgehead atoms. The van der Waals surface area contributed by atoms with Crippen molar-refractivity contribution in [2.45, 2.75) is 68.7 Å². The number of ether oxygens (including phenoxy) is 2. The molecule has 9 nitrogen and oxygen atoms in total. The monoisotopic (exact) mass is 646 g/mol. The van der Waals surface area contributed by atoms with E-state index in [0.29, 0.717) is 57.9 Å². The standard InChI is InChI=1S/C38H39FN6O3/c1-3-22-6-4-7-23-12-28(46)15-30(32(22)23)34-33(39)35-31(17-40-34)36(44-19-26-8-9-27(20-44)41-26)43-37(42-35)48-21-38-10-5-11-45(38)18-25(16-38)24-13-29(14-24)47-2/h1,4,6-7,12,15,17,26-27,29,41,46H,5,8-11,13-14,16,18-21H2,2H3/t26-,27+,29?,38?. The summed E-state index contributed by atoms with van der Waals surface area (Å²) in [6.45, 7) is 4.00. The number of anilines is 1. The molecular weight excluding hydrogens is 607 g/mol. The lowest BCUT2D eigenvalue weighted by Gasteiger charge is -2.34. The van der Waals surface area contributed by atoms with Crippen LogP contribution in [0.1, 0.15) is 50.5 Å². The zero-order valence-corrected chi connectivity index (χ0v) is 27.1. The van der Waals surface area contributed by atoms with Crippen LogP contribution in [0.4, 0.5) is 10.2 Å². The zero-order valence-electron chi connectivity index (χ0n) is 27.1. The van der Waals surface area contributed by atoms with Gasteiger partial charge in [0.25, 0.3) is 0 Å². The first-order valence-corrected chi connectivity index (χ1v) is 17.1. The fourth-order valence-corrected chi connectivity index (χ4v) is 8.92. The van der Waals surface area contributed by atoms with Crippen LogP contribution in [0, 0.1) is 18.2 Å². The Balaban J connectivity index is 1.13. The van der Waals surface area contributed by atoms with Crippen molar-refractivity contribution in [3.63, 3.8) is 0 Å². The second-order valence-electron chi connectivity index (χ2n) is 14.3. The normalized spacial score (nSPS) is 26.7. The number of benzene rings is 2. The minimum atomic E-state index is -0.593. The van der Waals surface area contributed by atoms with Gasteiger partial charge in [-0.2, -0.15) is 9.97 Å². The highest BCUT2D eigenvalue weighted by Crippen LogP contribution is 2.46. The van der Waals surface area contributed by atoms with Crippen molar-refractivity contribution in [1.82, 2.24) is 25.2 Å². The van der Waals surface area contributed by atoms with E-state index in [9.17, 15) is 5.11 Å². The van der Waals surface area contributed by atoms with Crippen molar-refractivity contribution >= 4 is 27.5 Å². The number of phenolic OH excluding ortho intramolecular Hbond substituents is 1. The van der Waals surface area contributed by atoms with Crippen LogP contribution >= 0.6 is 0 Å². The van der Waals surface area contributed by atoms with Gasteiger partial charge in [-0.15, -0.1) is 6.42 Å². The van der Waals surface area contributed by atoms with E-state index in [2.05, 4.69) is 26.0 Å². The lowest BCUT2D eigenvalue weighted by molar-refractivity contribution is 0.0715. The smallest absolute Gasteiger partial charge is 0.319 e. The Kier molecular flexibility index (Phi) is 7.08. The summed E-state index contributed by atoms with van der Waals surface area (Å²) >= 11 is 0. The number of methoxy groups -OCH3 is 1. The zero-order chi connectivity index (χ0) is 32.6. The van der Waals surface area contributed by atoms with E-state index < -0.39 is 5.82 Å². The quantitative estimate of drug-likeness (QED) is 0.213. The van der Waals surface area contributed by atoms with Crippen LogP contribution < -0.4 is 15.0 Å². The van der Waals surface area contributed by atoms with Gasteiger partial charge in [0.15, 0.2) is 5.82 Å². The average Bonchev–Trinajstić information content (AvgIpc) is 3.73. The molecule has 3 atom stereocenters. The minimum absolute atomic E-state index is 0.00238. The van der Waals surface area contributed by atoms with E-state index in [1.807, 2.05) is 18.2 Å². The molecule has 4 saturated heterocycles. The number of nitrogens with one attached hydrogen (secondary N) is 1. The van der Waals surface area contributed by atoms with Gasteiger partial charge in [0.1, 0.15) is 29.4 Å². The Morgan fingerprint density at radius 3 is 2.77 bits per heavy atom. The molecule has 0 amide bonds. The molecule has 48 heavy (non-hydrogen) atoms. The molecule has 1 saturated carbocycles. The molecular formula is C38H39FN6O3. The van der Waals surface area contributed by atoms with Crippen LogP contribution in [0.15, 0.2) is 47.7 Å². The van der Waals surface area contributed by atoms with Gasteiger partial charge in [0, 0.05) is 61.5 Å². The molecule has 0 spiro atoms. The van der Waals surface area contributed by atoms with Gasteiger partial charge >= 0.3 is 6.01 Å². The molecule has 5 fully saturated rings. The van der Waals surface area contributed by atoms with Crippen LogP contribution in [0.2, 0.25) is 0 Å². The Hall–Kier alpha value is -4.30. The summed E-state index contributed by atoms with van der Waals surface area (Å²) in [6, 6.07) is 9.52. The maximum atomic E-state index is 16.9. The molecule has 5 aliphatic rings. The minimum Gasteiger partial charge on any atom is -0.508 e. The van der Waals surface area contributed by atoms with Crippen LogP contribution in [0.25, 0.3) is 32.9 Å².